The van der Waals surface area contributed by atoms with E-state index in [4.69, 9.17) is 4.42 Å². The Kier molecular flexibility index (Phi) is 6.31. The van der Waals surface area contributed by atoms with Gasteiger partial charge in [0, 0.05) is 44.3 Å². The van der Waals surface area contributed by atoms with Crippen molar-refractivity contribution in [2.45, 2.75) is 6.42 Å². The van der Waals surface area contributed by atoms with Crippen LogP contribution in [0.3, 0.4) is 0 Å². The molecule has 3 heteroatoms. The first-order chi connectivity index (χ1) is 25.8. The molecule has 0 fully saturated rings. The van der Waals surface area contributed by atoms with Crippen molar-refractivity contribution >= 4 is 60.8 Å². The van der Waals surface area contributed by atoms with Crippen LogP contribution >= 0.6 is 0 Å². The fourth-order valence-corrected chi connectivity index (χ4v) is 8.38. The molecule has 2 heterocycles. The first-order valence-electron chi connectivity index (χ1n) is 17.9. The van der Waals surface area contributed by atoms with Crippen molar-refractivity contribution < 1.29 is 4.42 Å². The summed E-state index contributed by atoms with van der Waals surface area (Å²) in [6.45, 7) is 0. The molecule has 2 aromatic heterocycles. The van der Waals surface area contributed by atoms with Gasteiger partial charge in [-0.2, -0.15) is 0 Å². The summed E-state index contributed by atoms with van der Waals surface area (Å²) in [5.74, 6) is 0. The largest absolute Gasteiger partial charge is 0.456 e. The van der Waals surface area contributed by atoms with Crippen LogP contribution in [0.5, 0.6) is 0 Å². The average Bonchev–Trinajstić information content (AvgIpc) is 3.87. The van der Waals surface area contributed by atoms with Gasteiger partial charge in [-0.1, -0.05) is 109 Å². The fourth-order valence-electron chi connectivity index (χ4n) is 8.38. The number of hydrogen-bond donors (Lipinski definition) is 0. The molecule has 3 nitrogen and oxygen atoms in total. The number of para-hydroxylation sites is 3. The van der Waals surface area contributed by atoms with Gasteiger partial charge in [-0.3, -0.25) is 0 Å². The Morgan fingerprint density at radius 2 is 1.04 bits per heavy atom. The molecule has 1 aliphatic rings. The summed E-state index contributed by atoms with van der Waals surface area (Å²) in [5.41, 5.74) is 16.6. The van der Waals surface area contributed by atoms with Crippen LogP contribution in [-0.2, 0) is 6.42 Å². The number of anilines is 3. The normalized spacial score (nSPS) is 12.2. The van der Waals surface area contributed by atoms with E-state index in [9.17, 15) is 0 Å². The van der Waals surface area contributed by atoms with E-state index in [1.54, 1.807) is 0 Å². The van der Waals surface area contributed by atoms with Gasteiger partial charge in [-0.25, -0.2) is 0 Å². The molecule has 0 saturated carbocycles. The predicted octanol–water partition coefficient (Wildman–Crippen LogP) is 13.4. The molecule has 8 aromatic carbocycles. The summed E-state index contributed by atoms with van der Waals surface area (Å²) in [4.78, 5) is 2.37. The number of hydrogen-bond acceptors (Lipinski definition) is 2. The molecule has 0 unspecified atom stereocenters. The van der Waals surface area contributed by atoms with Gasteiger partial charge in [0.1, 0.15) is 11.2 Å². The second kappa shape index (κ2) is 11.3. The monoisotopic (exact) mass is 664 g/mol. The maximum atomic E-state index is 6.24. The molecule has 0 saturated heterocycles. The zero-order valence-electron chi connectivity index (χ0n) is 28.3. The van der Waals surface area contributed by atoms with Crippen LogP contribution in [0, 0.1) is 0 Å². The highest BCUT2D eigenvalue weighted by Crippen LogP contribution is 2.43. The zero-order valence-corrected chi connectivity index (χ0v) is 28.3. The van der Waals surface area contributed by atoms with Gasteiger partial charge < -0.3 is 13.9 Å². The van der Waals surface area contributed by atoms with E-state index >= 15 is 0 Å². The second-order valence-electron chi connectivity index (χ2n) is 13.8. The van der Waals surface area contributed by atoms with Crippen molar-refractivity contribution in [3.63, 3.8) is 0 Å². The van der Waals surface area contributed by atoms with Crippen LogP contribution < -0.4 is 4.90 Å². The average molecular weight is 665 g/mol. The van der Waals surface area contributed by atoms with Gasteiger partial charge in [0.15, 0.2) is 0 Å². The SMILES string of the molecule is c1ccc(-n2c3ccccc3c3cc(N(c4ccc(-c5ccc6c(c5)Cc5ccccc5-6)cc4)c4ccc5oc6ccccc6c5c4)ccc32)cc1. The minimum absolute atomic E-state index is 0.889. The molecular weight excluding hydrogens is 633 g/mol. The van der Waals surface area contributed by atoms with Gasteiger partial charge in [-0.05, 0) is 113 Å². The molecule has 11 rings (SSSR count). The molecule has 244 valence electrons. The van der Waals surface area contributed by atoms with E-state index in [2.05, 4.69) is 179 Å². The van der Waals surface area contributed by atoms with Crippen molar-refractivity contribution in [3.05, 3.63) is 193 Å². The number of aromatic nitrogens is 1. The summed E-state index contributed by atoms with van der Waals surface area (Å²) < 4.78 is 8.61. The van der Waals surface area contributed by atoms with Crippen molar-refractivity contribution in [1.82, 2.24) is 4.57 Å². The Morgan fingerprint density at radius 1 is 0.404 bits per heavy atom. The van der Waals surface area contributed by atoms with E-state index in [1.807, 2.05) is 12.1 Å². The van der Waals surface area contributed by atoms with Crippen LogP contribution in [0.25, 0.3) is 71.7 Å². The third-order valence-corrected chi connectivity index (χ3v) is 10.8. The topological polar surface area (TPSA) is 21.3 Å². The summed E-state index contributed by atoms with van der Waals surface area (Å²) in [6.07, 6.45) is 0.986. The predicted molar refractivity (Wildman–Crippen MR) is 216 cm³/mol. The summed E-state index contributed by atoms with van der Waals surface area (Å²) in [6, 6.07) is 65.8. The fraction of sp³-hybridized carbons (Fsp3) is 0.0204. The van der Waals surface area contributed by atoms with Crippen molar-refractivity contribution in [2.75, 3.05) is 4.90 Å². The first kappa shape index (κ1) is 28.9. The third-order valence-electron chi connectivity index (χ3n) is 10.8. The summed E-state index contributed by atoms with van der Waals surface area (Å²) in [5, 5.41) is 4.67. The Labute approximate surface area is 301 Å². The third kappa shape index (κ3) is 4.46. The van der Waals surface area contributed by atoms with Crippen LogP contribution in [0.2, 0.25) is 0 Å². The molecule has 10 aromatic rings. The first-order valence-corrected chi connectivity index (χ1v) is 17.9. The lowest BCUT2D eigenvalue weighted by Crippen LogP contribution is -2.09. The molecule has 0 radical (unpaired) electrons. The number of nitrogens with zero attached hydrogens (tertiary/aromatic N) is 2. The second-order valence-corrected chi connectivity index (χ2v) is 13.8. The molecule has 0 aliphatic heterocycles. The molecule has 0 bridgehead atoms. The van der Waals surface area contributed by atoms with Gasteiger partial charge >= 0.3 is 0 Å². The van der Waals surface area contributed by atoms with Crippen LogP contribution in [0.1, 0.15) is 11.1 Å². The van der Waals surface area contributed by atoms with Gasteiger partial charge in [0.25, 0.3) is 0 Å². The van der Waals surface area contributed by atoms with Crippen LogP contribution in [0.15, 0.2) is 186 Å². The highest BCUT2D eigenvalue weighted by Gasteiger charge is 2.21. The van der Waals surface area contributed by atoms with Gasteiger partial charge in [0.2, 0.25) is 0 Å². The van der Waals surface area contributed by atoms with Crippen molar-refractivity contribution in [1.29, 1.82) is 0 Å². The Bertz CT molecular complexity index is 2990. The zero-order chi connectivity index (χ0) is 34.2. The van der Waals surface area contributed by atoms with Gasteiger partial charge in [0.05, 0.1) is 11.0 Å². The number of rotatable bonds is 5. The van der Waals surface area contributed by atoms with E-state index in [0.717, 1.165) is 51.1 Å². The maximum absolute atomic E-state index is 6.24. The van der Waals surface area contributed by atoms with Crippen LogP contribution in [0.4, 0.5) is 17.1 Å². The molecule has 52 heavy (non-hydrogen) atoms. The number of benzene rings is 8. The van der Waals surface area contributed by atoms with Crippen molar-refractivity contribution in [3.8, 4) is 27.9 Å². The lowest BCUT2D eigenvalue weighted by atomic mass is 9.99. The van der Waals surface area contributed by atoms with E-state index < -0.39 is 0 Å². The maximum Gasteiger partial charge on any atom is 0.135 e. The highest BCUT2D eigenvalue weighted by atomic mass is 16.3. The van der Waals surface area contributed by atoms with Crippen LogP contribution in [-0.4, -0.2) is 4.57 Å². The number of fused-ring (bicyclic) bond motifs is 9. The van der Waals surface area contributed by atoms with Crippen molar-refractivity contribution in [2.24, 2.45) is 0 Å². The highest BCUT2D eigenvalue weighted by molar-refractivity contribution is 6.11. The van der Waals surface area contributed by atoms with E-state index in [-0.39, 0.29) is 0 Å². The molecule has 1 aliphatic carbocycles. The quantitative estimate of drug-likeness (QED) is 0.183. The minimum Gasteiger partial charge on any atom is -0.456 e. The van der Waals surface area contributed by atoms with Gasteiger partial charge in [-0.15, -0.1) is 0 Å². The van der Waals surface area contributed by atoms with E-state index in [1.165, 1.54) is 55.2 Å². The standard InChI is InChI=1S/C49H32N2O/c1-2-11-36(12-3-1)51-46-16-8-6-14-42(46)44-30-38(23-26-47(44)51)50(39-24-27-49-45(31-39)43-15-7-9-17-48(43)52-49)37-21-18-32(19-22-37)33-20-25-41-35(28-33)29-34-10-4-5-13-40(34)41/h1-28,30-31H,29H2. The molecule has 0 amide bonds. The molecule has 0 atom stereocenters. The van der Waals surface area contributed by atoms with E-state index in [0.29, 0.717) is 0 Å². The summed E-state index contributed by atoms with van der Waals surface area (Å²) in [7, 11) is 0. The minimum atomic E-state index is 0.889. The Hall–Kier alpha value is -6.84. The molecule has 0 spiro atoms. The Morgan fingerprint density at radius 3 is 1.92 bits per heavy atom. The lowest BCUT2D eigenvalue weighted by molar-refractivity contribution is 0.669. The summed E-state index contributed by atoms with van der Waals surface area (Å²) >= 11 is 0. The Balaban J connectivity index is 1.07. The number of furan rings is 1. The lowest BCUT2D eigenvalue weighted by Gasteiger charge is -2.26. The smallest absolute Gasteiger partial charge is 0.135 e. The molecule has 0 N–H and O–H groups in total. The molecular formula is C49H32N2O.